The van der Waals surface area contributed by atoms with Crippen molar-refractivity contribution in [3.05, 3.63) is 63.3 Å². The molecule has 0 bridgehead atoms. The van der Waals surface area contributed by atoms with Gasteiger partial charge in [0.05, 0.1) is 6.54 Å². The van der Waals surface area contributed by atoms with Crippen LogP contribution in [0.15, 0.2) is 35.3 Å². The van der Waals surface area contributed by atoms with Gasteiger partial charge in [-0.05, 0) is 62.3 Å². The molecule has 0 radical (unpaired) electrons. The number of halogens is 1. The van der Waals surface area contributed by atoms with E-state index in [0.717, 1.165) is 19.5 Å². The van der Waals surface area contributed by atoms with Crippen molar-refractivity contribution in [2.24, 2.45) is 5.73 Å². The van der Waals surface area contributed by atoms with Gasteiger partial charge in [0, 0.05) is 44.1 Å². The highest BCUT2D eigenvalue weighted by Crippen LogP contribution is 2.23. The van der Waals surface area contributed by atoms with E-state index in [1.165, 1.54) is 28.8 Å². The van der Waals surface area contributed by atoms with Crippen LogP contribution in [0.5, 0.6) is 0 Å². The summed E-state index contributed by atoms with van der Waals surface area (Å²) in [6, 6.07) is 5.88. The van der Waals surface area contributed by atoms with Crippen molar-refractivity contribution >= 4 is 11.8 Å². The van der Waals surface area contributed by atoms with E-state index >= 15 is 0 Å². The first-order valence-corrected chi connectivity index (χ1v) is 10.7. The summed E-state index contributed by atoms with van der Waals surface area (Å²) in [6.07, 6.45) is 3.06. The Hall–Kier alpha value is -3.04. The number of primary amides is 1. The lowest BCUT2D eigenvalue weighted by Gasteiger charge is -2.31. The van der Waals surface area contributed by atoms with Gasteiger partial charge in [0.25, 0.3) is 11.5 Å². The fraction of sp³-hybridized carbons (Fsp3) is 0.435. The van der Waals surface area contributed by atoms with Gasteiger partial charge in [0.1, 0.15) is 11.4 Å². The maximum absolute atomic E-state index is 13.3. The predicted molar refractivity (Wildman–Crippen MR) is 118 cm³/mol. The zero-order valence-corrected chi connectivity index (χ0v) is 18.4. The molecule has 170 valence electrons. The number of benzene rings is 1. The van der Waals surface area contributed by atoms with Crippen molar-refractivity contribution in [3.8, 4) is 5.69 Å². The van der Waals surface area contributed by atoms with Crippen LogP contribution in [0.2, 0.25) is 0 Å². The summed E-state index contributed by atoms with van der Waals surface area (Å²) in [4.78, 5) is 44.2. The molecule has 2 N–H and O–H groups in total. The third-order valence-corrected chi connectivity index (χ3v) is 6.44. The van der Waals surface area contributed by atoms with Gasteiger partial charge in [-0.3, -0.25) is 23.9 Å². The molecule has 4 rings (SSSR count). The van der Waals surface area contributed by atoms with Crippen molar-refractivity contribution < 1.29 is 14.0 Å². The van der Waals surface area contributed by atoms with Gasteiger partial charge in [-0.15, -0.1) is 0 Å². The number of carbonyl (C=O) groups is 2. The fourth-order valence-corrected chi connectivity index (χ4v) is 4.58. The third-order valence-electron chi connectivity index (χ3n) is 6.44. The van der Waals surface area contributed by atoms with Gasteiger partial charge < -0.3 is 15.5 Å². The normalized spacial score (nSPS) is 18.8. The first-order valence-electron chi connectivity index (χ1n) is 10.7. The van der Waals surface area contributed by atoms with E-state index in [1.54, 1.807) is 11.1 Å². The number of pyridine rings is 1. The molecule has 8 nitrogen and oxygen atoms in total. The molecule has 2 aromatic rings. The maximum atomic E-state index is 13.3. The second kappa shape index (κ2) is 8.84. The molecule has 32 heavy (non-hydrogen) atoms. The molecule has 2 amide bonds. The quantitative estimate of drug-likeness (QED) is 0.734. The molecule has 0 spiro atoms. The fourth-order valence-electron chi connectivity index (χ4n) is 4.58. The lowest BCUT2D eigenvalue weighted by molar-refractivity contribution is -0.133. The molecule has 1 fully saturated rings. The van der Waals surface area contributed by atoms with Gasteiger partial charge in [-0.2, -0.15) is 0 Å². The van der Waals surface area contributed by atoms with Crippen molar-refractivity contribution in [2.45, 2.75) is 25.4 Å². The summed E-state index contributed by atoms with van der Waals surface area (Å²) in [6.45, 7) is 2.81. The minimum absolute atomic E-state index is 0.0233. The van der Waals surface area contributed by atoms with Gasteiger partial charge in [0.2, 0.25) is 5.91 Å². The average molecular weight is 442 g/mol. The summed E-state index contributed by atoms with van der Waals surface area (Å²) in [5, 5.41) is 0. The predicted octanol–water partition coefficient (Wildman–Crippen LogP) is 0.596. The Morgan fingerprint density at radius 3 is 2.53 bits per heavy atom. The van der Waals surface area contributed by atoms with Crippen LogP contribution in [0.3, 0.4) is 0 Å². The number of nitrogens with two attached hydrogens (primary N) is 1. The van der Waals surface area contributed by atoms with Crippen LogP contribution in [0, 0.1) is 5.82 Å². The molecule has 1 saturated heterocycles. The summed E-state index contributed by atoms with van der Waals surface area (Å²) in [7, 11) is 4.10. The van der Waals surface area contributed by atoms with E-state index in [1.807, 2.05) is 0 Å². The Morgan fingerprint density at radius 2 is 1.91 bits per heavy atom. The van der Waals surface area contributed by atoms with Crippen molar-refractivity contribution in [3.63, 3.8) is 0 Å². The molecule has 2 aliphatic rings. The maximum Gasteiger partial charge on any atom is 0.268 e. The average Bonchev–Trinajstić information content (AvgIpc) is 3.22. The largest absolute Gasteiger partial charge is 0.365 e. The summed E-state index contributed by atoms with van der Waals surface area (Å²) >= 11 is 0. The number of likely N-dealkylation sites (N-methyl/N-ethyl adjacent to an activating group) is 1. The van der Waals surface area contributed by atoms with Crippen LogP contribution in [-0.4, -0.2) is 77.4 Å². The molecule has 0 aliphatic carbocycles. The van der Waals surface area contributed by atoms with E-state index in [9.17, 15) is 18.8 Å². The Balaban J connectivity index is 1.59. The number of nitrogens with zero attached hydrogens (tertiary/aromatic N) is 4. The monoisotopic (exact) mass is 441 g/mol. The number of likely N-dealkylation sites (tertiary alicyclic amines) is 1. The van der Waals surface area contributed by atoms with Crippen molar-refractivity contribution in [2.75, 3.05) is 40.3 Å². The second-order valence-electron chi connectivity index (χ2n) is 8.73. The minimum Gasteiger partial charge on any atom is -0.365 e. The van der Waals surface area contributed by atoms with Gasteiger partial charge in [-0.25, -0.2) is 4.39 Å². The van der Waals surface area contributed by atoms with E-state index in [4.69, 9.17) is 5.73 Å². The number of hydrogen-bond acceptors (Lipinski definition) is 5. The van der Waals surface area contributed by atoms with E-state index in [2.05, 4.69) is 23.9 Å². The van der Waals surface area contributed by atoms with E-state index < -0.39 is 17.3 Å². The molecule has 2 aliphatic heterocycles. The molecular weight excluding hydrogens is 413 g/mol. The SMILES string of the molecule is CN(C)C1CCN(CC(=O)N2CCc3c(cn(-c4ccc(F)cc4)c(=O)c3C(N)=O)C2)C1. The van der Waals surface area contributed by atoms with Crippen LogP contribution in [0.4, 0.5) is 4.39 Å². The van der Waals surface area contributed by atoms with Crippen LogP contribution in [0.1, 0.15) is 27.9 Å². The van der Waals surface area contributed by atoms with Crippen LogP contribution >= 0.6 is 0 Å². The number of carbonyl (C=O) groups excluding carboxylic acids is 2. The number of fused-ring (bicyclic) bond motifs is 1. The zero-order chi connectivity index (χ0) is 23.0. The molecule has 1 aromatic carbocycles. The number of rotatable bonds is 5. The first kappa shape index (κ1) is 22.2. The molecule has 1 atom stereocenters. The topological polar surface area (TPSA) is 91.9 Å². The van der Waals surface area contributed by atoms with Gasteiger partial charge in [-0.1, -0.05) is 0 Å². The molecule has 1 unspecified atom stereocenters. The number of hydrogen-bond donors (Lipinski definition) is 1. The van der Waals surface area contributed by atoms with Crippen LogP contribution < -0.4 is 11.3 Å². The molecule has 0 saturated carbocycles. The molecule has 3 heterocycles. The first-order chi connectivity index (χ1) is 15.2. The van der Waals surface area contributed by atoms with Gasteiger partial charge in [0.15, 0.2) is 0 Å². The van der Waals surface area contributed by atoms with Crippen molar-refractivity contribution in [1.29, 1.82) is 0 Å². The van der Waals surface area contributed by atoms with Gasteiger partial charge >= 0.3 is 0 Å². The summed E-state index contributed by atoms with van der Waals surface area (Å²) in [5.41, 5.74) is 6.68. The summed E-state index contributed by atoms with van der Waals surface area (Å²) < 4.78 is 14.6. The minimum atomic E-state index is -0.797. The Labute approximate surface area is 186 Å². The second-order valence-corrected chi connectivity index (χ2v) is 8.73. The Bertz CT molecular complexity index is 1100. The highest BCUT2D eigenvalue weighted by Gasteiger charge is 2.30. The highest BCUT2D eigenvalue weighted by atomic mass is 19.1. The van der Waals surface area contributed by atoms with Crippen LogP contribution in [0.25, 0.3) is 5.69 Å². The van der Waals surface area contributed by atoms with Crippen LogP contribution in [-0.2, 0) is 17.8 Å². The number of aromatic nitrogens is 1. The Morgan fingerprint density at radius 1 is 1.19 bits per heavy atom. The molecule has 1 aromatic heterocycles. The standard InChI is InChI=1S/C23H28FN5O3/c1-26(2)18-7-9-27(13-18)14-20(30)28-10-8-19-15(11-28)12-29(23(32)21(19)22(25)31)17-5-3-16(24)4-6-17/h3-6,12,18H,7-11,13-14H2,1-2H3,(H2,25,31). The number of amides is 2. The lowest BCUT2D eigenvalue weighted by atomic mass is 9.96. The molecule has 9 heteroatoms. The smallest absolute Gasteiger partial charge is 0.268 e. The van der Waals surface area contributed by atoms with E-state index in [-0.39, 0.29) is 11.5 Å². The lowest BCUT2D eigenvalue weighted by Crippen LogP contribution is -2.44. The zero-order valence-electron chi connectivity index (χ0n) is 18.4. The van der Waals surface area contributed by atoms with Crippen molar-refractivity contribution in [1.82, 2.24) is 19.3 Å². The third kappa shape index (κ3) is 4.31. The summed E-state index contributed by atoms with van der Waals surface area (Å²) in [5.74, 6) is -1.20. The highest BCUT2D eigenvalue weighted by molar-refractivity contribution is 5.94. The van der Waals surface area contributed by atoms with E-state index in [0.29, 0.717) is 48.9 Å². The Kier molecular flexibility index (Phi) is 6.12. The molecular formula is C23H28FN5O3.